The Labute approximate surface area is 155 Å². The van der Waals surface area contributed by atoms with E-state index >= 15 is 0 Å². The van der Waals surface area contributed by atoms with Crippen molar-refractivity contribution >= 4 is 28.9 Å². The fraction of sp³-hybridized carbons (Fsp3) is 0.0588. The Morgan fingerprint density at radius 2 is 1.92 bits per heavy atom. The molecule has 1 N–H and O–H groups in total. The molecule has 0 aliphatic heterocycles. The van der Waals surface area contributed by atoms with Gasteiger partial charge < -0.3 is 5.32 Å². The van der Waals surface area contributed by atoms with Crippen molar-refractivity contribution in [3.8, 4) is 16.9 Å². The second-order valence-electron chi connectivity index (χ2n) is 5.18. The Balaban J connectivity index is 0.00000182. The summed E-state index contributed by atoms with van der Waals surface area (Å²) in [6, 6.07) is 18.3. The van der Waals surface area contributed by atoms with Crippen LogP contribution in [0.1, 0.15) is 5.56 Å². The lowest BCUT2D eigenvalue weighted by Crippen LogP contribution is -1.98. The molecule has 8 heteroatoms. The van der Waals surface area contributed by atoms with Gasteiger partial charge in [-0.25, -0.2) is 9.67 Å². The van der Waals surface area contributed by atoms with Crippen molar-refractivity contribution in [3.63, 3.8) is 0 Å². The number of halogens is 1. The Hall–Kier alpha value is -2.77. The predicted octanol–water partition coefficient (Wildman–Crippen LogP) is 3.82. The van der Waals surface area contributed by atoms with Crippen molar-refractivity contribution in [2.75, 3.05) is 5.32 Å². The largest absolute Gasteiger partial charge is 0.357 e. The second kappa shape index (κ2) is 7.87. The van der Waals surface area contributed by atoms with Crippen LogP contribution in [-0.4, -0.2) is 25.2 Å². The number of nitrogens with zero attached hydrogens (tertiary/aromatic N) is 5. The minimum Gasteiger partial charge on any atom is -0.357 e. The highest BCUT2D eigenvalue weighted by atomic mass is 35.5. The van der Waals surface area contributed by atoms with Gasteiger partial charge in [0.15, 0.2) is 5.13 Å². The van der Waals surface area contributed by atoms with E-state index in [2.05, 4.69) is 38.0 Å². The lowest BCUT2D eigenvalue weighted by molar-refractivity contribution is 0.789. The molecule has 2 aromatic heterocycles. The van der Waals surface area contributed by atoms with Crippen LogP contribution in [0.25, 0.3) is 16.9 Å². The van der Waals surface area contributed by atoms with Gasteiger partial charge in [-0.1, -0.05) is 42.5 Å². The van der Waals surface area contributed by atoms with Gasteiger partial charge in [0.25, 0.3) is 0 Å². The van der Waals surface area contributed by atoms with Gasteiger partial charge in [0.1, 0.15) is 6.33 Å². The van der Waals surface area contributed by atoms with Crippen molar-refractivity contribution in [1.82, 2.24) is 25.2 Å². The number of thiazole rings is 1. The van der Waals surface area contributed by atoms with E-state index in [1.807, 2.05) is 47.8 Å². The summed E-state index contributed by atoms with van der Waals surface area (Å²) >= 11 is 1.60. The number of benzene rings is 2. The highest BCUT2D eigenvalue weighted by Gasteiger charge is 2.06. The van der Waals surface area contributed by atoms with Crippen molar-refractivity contribution in [2.45, 2.75) is 6.54 Å². The number of hydrogen-bond donors (Lipinski definition) is 1. The molecule has 0 spiro atoms. The molecule has 0 saturated carbocycles. The fourth-order valence-electron chi connectivity index (χ4n) is 2.35. The van der Waals surface area contributed by atoms with Crippen molar-refractivity contribution in [1.29, 1.82) is 0 Å². The van der Waals surface area contributed by atoms with E-state index < -0.39 is 0 Å². The summed E-state index contributed by atoms with van der Waals surface area (Å²) in [5.41, 5.74) is 4.11. The molecule has 2 heterocycles. The first kappa shape index (κ1) is 17.1. The number of anilines is 1. The predicted molar refractivity (Wildman–Crippen MR) is 101 cm³/mol. The third-order valence-electron chi connectivity index (χ3n) is 3.55. The average molecular weight is 371 g/mol. The second-order valence-corrected chi connectivity index (χ2v) is 6.04. The minimum absolute atomic E-state index is 0. The fourth-order valence-corrected chi connectivity index (χ4v) is 3.07. The average Bonchev–Trinajstić information content (AvgIpc) is 3.33. The smallest absolute Gasteiger partial charge is 0.183 e. The molecule has 0 fully saturated rings. The molecule has 25 heavy (non-hydrogen) atoms. The number of hydrogen-bond acceptors (Lipinski definition) is 6. The van der Waals surface area contributed by atoms with Crippen LogP contribution in [0.5, 0.6) is 0 Å². The van der Waals surface area contributed by atoms with Gasteiger partial charge >= 0.3 is 0 Å². The maximum absolute atomic E-state index is 4.66. The molecular formula is C17H15ClN6S. The first-order valence-electron chi connectivity index (χ1n) is 7.45. The summed E-state index contributed by atoms with van der Waals surface area (Å²) in [6.45, 7) is 0.762. The zero-order valence-electron chi connectivity index (χ0n) is 13.1. The minimum atomic E-state index is 0. The lowest BCUT2D eigenvalue weighted by Gasteiger charge is -2.03. The van der Waals surface area contributed by atoms with Gasteiger partial charge in [-0.15, -0.1) is 28.8 Å². The summed E-state index contributed by atoms with van der Waals surface area (Å²) < 4.78 is 1.63. The third-order valence-corrected chi connectivity index (χ3v) is 4.35. The summed E-state index contributed by atoms with van der Waals surface area (Å²) in [7, 11) is 0. The van der Waals surface area contributed by atoms with E-state index in [9.17, 15) is 0 Å². The molecule has 0 unspecified atom stereocenters. The summed E-state index contributed by atoms with van der Waals surface area (Å²) in [4.78, 5) is 4.66. The number of nitrogens with one attached hydrogen (secondary N) is 1. The maximum Gasteiger partial charge on any atom is 0.183 e. The molecular weight excluding hydrogens is 356 g/mol. The topological polar surface area (TPSA) is 68.5 Å². The number of aromatic nitrogens is 5. The van der Waals surface area contributed by atoms with Crippen molar-refractivity contribution in [2.24, 2.45) is 0 Å². The van der Waals surface area contributed by atoms with Crippen LogP contribution < -0.4 is 5.32 Å². The molecule has 0 radical (unpaired) electrons. The standard InChI is InChI=1S/C17H14N6S.ClH/c1-2-5-13(6-3-1)10-18-17-20-16(11-24-17)14-7-4-8-15(9-14)23-12-19-21-22-23;/h1-9,11-12H,10H2,(H,18,20);1H. The van der Waals surface area contributed by atoms with Crippen LogP contribution in [0.2, 0.25) is 0 Å². The normalized spacial score (nSPS) is 10.2. The Bertz CT molecular complexity index is 923. The van der Waals surface area contributed by atoms with Crippen LogP contribution in [0.3, 0.4) is 0 Å². The molecule has 0 aliphatic carbocycles. The van der Waals surface area contributed by atoms with E-state index in [1.54, 1.807) is 22.3 Å². The summed E-state index contributed by atoms with van der Waals surface area (Å²) in [5.74, 6) is 0. The van der Waals surface area contributed by atoms with E-state index in [1.165, 1.54) is 5.56 Å². The lowest BCUT2D eigenvalue weighted by atomic mass is 10.1. The molecule has 4 rings (SSSR count). The van der Waals surface area contributed by atoms with Crippen molar-refractivity contribution in [3.05, 3.63) is 71.9 Å². The first-order valence-corrected chi connectivity index (χ1v) is 8.33. The summed E-state index contributed by atoms with van der Waals surface area (Å²) in [5, 5.41) is 17.6. The van der Waals surface area contributed by atoms with Crippen LogP contribution in [-0.2, 0) is 6.54 Å². The van der Waals surface area contributed by atoms with E-state index in [0.717, 1.165) is 28.6 Å². The number of rotatable bonds is 5. The first-order chi connectivity index (χ1) is 11.9. The maximum atomic E-state index is 4.66. The van der Waals surface area contributed by atoms with E-state index in [-0.39, 0.29) is 12.4 Å². The highest BCUT2D eigenvalue weighted by Crippen LogP contribution is 2.26. The molecule has 6 nitrogen and oxygen atoms in total. The Morgan fingerprint density at radius 1 is 1.04 bits per heavy atom. The highest BCUT2D eigenvalue weighted by molar-refractivity contribution is 7.14. The van der Waals surface area contributed by atoms with Crippen molar-refractivity contribution < 1.29 is 0 Å². The SMILES string of the molecule is Cl.c1ccc(CNc2nc(-c3cccc(-n4cnnn4)c3)cs2)cc1. The molecule has 2 aromatic carbocycles. The monoisotopic (exact) mass is 370 g/mol. The van der Waals surface area contributed by atoms with Gasteiger partial charge in [-0.05, 0) is 28.1 Å². The summed E-state index contributed by atoms with van der Waals surface area (Å²) in [6.07, 6.45) is 1.58. The van der Waals surface area contributed by atoms with Crippen LogP contribution >= 0.6 is 23.7 Å². The van der Waals surface area contributed by atoms with Gasteiger partial charge in [-0.3, -0.25) is 0 Å². The Kier molecular flexibility index (Phi) is 5.37. The van der Waals surface area contributed by atoms with Crippen LogP contribution in [0.15, 0.2) is 66.3 Å². The molecule has 0 bridgehead atoms. The zero-order chi connectivity index (χ0) is 16.2. The van der Waals surface area contributed by atoms with Gasteiger partial charge in [0.05, 0.1) is 11.4 Å². The zero-order valence-corrected chi connectivity index (χ0v) is 14.7. The van der Waals surface area contributed by atoms with Gasteiger partial charge in [-0.2, -0.15) is 0 Å². The molecule has 0 atom stereocenters. The van der Waals surface area contributed by atoms with Gasteiger partial charge in [0, 0.05) is 17.5 Å². The van der Waals surface area contributed by atoms with Crippen LogP contribution in [0, 0.1) is 0 Å². The molecule has 0 amide bonds. The molecule has 0 saturated heterocycles. The third kappa shape index (κ3) is 4.01. The molecule has 4 aromatic rings. The van der Waals surface area contributed by atoms with Gasteiger partial charge in [0.2, 0.25) is 0 Å². The van der Waals surface area contributed by atoms with E-state index in [0.29, 0.717) is 0 Å². The molecule has 126 valence electrons. The Morgan fingerprint density at radius 3 is 2.72 bits per heavy atom. The van der Waals surface area contributed by atoms with E-state index in [4.69, 9.17) is 0 Å². The quantitative estimate of drug-likeness (QED) is 0.578. The molecule has 0 aliphatic rings. The number of tetrazole rings is 1. The van der Waals surface area contributed by atoms with Crippen LogP contribution in [0.4, 0.5) is 5.13 Å².